The molecule has 1 aromatic rings. The molecule has 1 aliphatic heterocycles. The van der Waals surface area contributed by atoms with Gasteiger partial charge in [-0.2, -0.15) is 0 Å². The minimum atomic E-state index is -0.0174. The number of nitrogens with one attached hydrogen (secondary N) is 1. The van der Waals surface area contributed by atoms with E-state index in [2.05, 4.69) is 4.98 Å². The highest BCUT2D eigenvalue weighted by molar-refractivity contribution is 5.42. The van der Waals surface area contributed by atoms with Crippen LogP contribution in [0.3, 0.4) is 0 Å². The molecule has 0 bridgehead atoms. The Kier molecular flexibility index (Phi) is 12.9. The van der Waals surface area contributed by atoms with Crippen molar-refractivity contribution in [1.82, 2.24) is 4.98 Å². The van der Waals surface area contributed by atoms with Crippen LogP contribution >= 0.6 is 0 Å². The molecule has 20 heavy (non-hydrogen) atoms. The highest BCUT2D eigenvalue weighted by atomic mass is 19.1. The number of hydrogen-bond donors (Lipinski definition) is 1. The van der Waals surface area contributed by atoms with E-state index in [0.717, 1.165) is 28.3 Å². The lowest BCUT2D eigenvalue weighted by molar-refractivity contribution is 0.354. The van der Waals surface area contributed by atoms with Crippen molar-refractivity contribution in [2.45, 2.75) is 48.0 Å². The van der Waals surface area contributed by atoms with Crippen LogP contribution in [0.4, 0.5) is 4.39 Å². The molecular weight excluding hydrogens is 257 g/mol. The molecule has 0 saturated heterocycles. The fraction of sp³-hybridized carbons (Fsp3) is 0.562. The maximum absolute atomic E-state index is 11.6. The monoisotopic (exact) mass is 285 g/mol. The van der Waals surface area contributed by atoms with E-state index in [4.69, 9.17) is 4.74 Å². The summed E-state index contributed by atoms with van der Waals surface area (Å²) >= 11 is 0. The number of alkyl halides is 1. The molecular formula is C16H28FNO2. The second kappa shape index (κ2) is 12.5. The van der Waals surface area contributed by atoms with Gasteiger partial charge in [0.25, 0.3) is 5.56 Å². The molecule has 116 valence electrons. The number of fused-ring (bicyclic) bond motifs is 1. The van der Waals surface area contributed by atoms with Gasteiger partial charge in [-0.25, -0.2) is 0 Å². The van der Waals surface area contributed by atoms with Gasteiger partial charge in [0.05, 0.1) is 19.3 Å². The van der Waals surface area contributed by atoms with Gasteiger partial charge in [0.1, 0.15) is 5.75 Å². The molecule has 2 rings (SSSR count). The minimum absolute atomic E-state index is 0.0174. The minimum Gasteiger partial charge on any atom is -0.492 e. The highest BCUT2D eigenvalue weighted by Gasteiger charge is 2.17. The Hall–Kier alpha value is -1.58. The summed E-state index contributed by atoms with van der Waals surface area (Å²) in [6.45, 7) is 12.5. The van der Waals surface area contributed by atoms with Crippen LogP contribution in [0.2, 0.25) is 0 Å². The highest BCUT2D eigenvalue weighted by Crippen LogP contribution is 2.14. The van der Waals surface area contributed by atoms with Crippen LogP contribution in [0, 0.1) is 0 Å². The third kappa shape index (κ3) is 4.83. The van der Waals surface area contributed by atoms with Crippen LogP contribution in [0.5, 0.6) is 5.75 Å². The zero-order chi connectivity index (χ0) is 16.1. The molecule has 1 aromatic heterocycles. The third-order valence-corrected chi connectivity index (χ3v) is 2.51. The summed E-state index contributed by atoms with van der Waals surface area (Å²) in [7, 11) is 0.500. The van der Waals surface area contributed by atoms with Gasteiger partial charge in [-0.15, -0.1) is 0 Å². The lowest BCUT2D eigenvalue weighted by atomic mass is 10.2. The average molecular weight is 285 g/mol. The lowest BCUT2D eigenvalue weighted by Crippen LogP contribution is -2.35. The van der Waals surface area contributed by atoms with E-state index >= 15 is 0 Å². The standard InChI is InChI=1S/C11H13NO2.2C2H6.CH3F/c1-3-7-9(4-2)12-11(13)8-5-6-14-10(7)8;3*1-2/h3-4H,5-6H2,1-2H3,(H,12,13);2*1-2H3;1H3/b7-3+,9-4+;;;. The molecule has 0 saturated carbocycles. The first-order valence-corrected chi connectivity index (χ1v) is 7.16. The quantitative estimate of drug-likeness (QED) is 0.796. The van der Waals surface area contributed by atoms with Crippen LogP contribution in [-0.2, 0) is 6.42 Å². The van der Waals surface area contributed by atoms with Crippen molar-refractivity contribution in [3.8, 4) is 5.75 Å². The molecule has 0 aliphatic carbocycles. The maximum Gasteiger partial charge on any atom is 0.255 e. The van der Waals surface area contributed by atoms with Crippen molar-refractivity contribution in [2.75, 3.05) is 13.8 Å². The Morgan fingerprint density at radius 1 is 1.10 bits per heavy atom. The molecule has 0 atom stereocenters. The largest absolute Gasteiger partial charge is 0.492 e. The van der Waals surface area contributed by atoms with Crippen molar-refractivity contribution < 1.29 is 9.13 Å². The summed E-state index contributed by atoms with van der Waals surface area (Å²) in [5, 5.41) is 1.85. The maximum atomic E-state index is 11.6. The van der Waals surface area contributed by atoms with Gasteiger partial charge in [0.15, 0.2) is 0 Å². The molecule has 0 amide bonds. The second-order valence-corrected chi connectivity index (χ2v) is 3.26. The van der Waals surface area contributed by atoms with Crippen LogP contribution in [-0.4, -0.2) is 18.8 Å². The Labute approximate surface area is 121 Å². The number of ether oxygens (including phenoxy) is 1. The van der Waals surface area contributed by atoms with E-state index in [1.54, 1.807) is 0 Å². The van der Waals surface area contributed by atoms with Gasteiger partial charge in [0.2, 0.25) is 0 Å². The second-order valence-electron chi connectivity index (χ2n) is 3.26. The van der Waals surface area contributed by atoms with Crippen molar-refractivity contribution >= 4 is 12.2 Å². The number of aromatic amines is 1. The van der Waals surface area contributed by atoms with Gasteiger partial charge in [-0.05, 0) is 13.8 Å². The SMILES string of the molecule is C/C=c1/[nH]c(=O)c2c(/c1=C/C)OCC2.CC.CC.CF. The fourth-order valence-electron chi connectivity index (χ4n) is 1.81. The predicted octanol–water partition coefficient (Wildman–Crippen LogP) is 2.55. The summed E-state index contributed by atoms with van der Waals surface area (Å²) in [5.41, 5.74) is 0.764. The number of halogens is 1. The molecule has 1 aliphatic rings. The fourth-order valence-corrected chi connectivity index (χ4v) is 1.81. The van der Waals surface area contributed by atoms with Crippen LogP contribution < -0.4 is 20.9 Å². The molecule has 0 spiro atoms. The van der Waals surface area contributed by atoms with Crippen molar-refractivity contribution in [3.05, 3.63) is 26.5 Å². The smallest absolute Gasteiger partial charge is 0.255 e. The van der Waals surface area contributed by atoms with E-state index in [1.807, 2.05) is 53.7 Å². The van der Waals surface area contributed by atoms with E-state index in [9.17, 15) is 9.18 Å². The summed E-state index contributed by atoms with van der Waals surface area (Å²) in [4.78, 5) is 14.4. The van der Waals surface area contributed by atoms with Gasteiger partial charge in [0, 0.05) is 17.0 Å². The van der Waals surface area contributed by atoms with Crippen molar-refractivity contribution in [3.63, 3.8) is 0 Å². The summed E-state index contributed by atoms with van der Waals surface area (Å²) in [6, 6.07) is 0. The zero-order valence-electron chi connectivity index (χ0n) is 13.8. The van der Waals surface area contributed by atoms with Crippen molar-refractivity contribution in [2.24, 2.45) is 0 Å². The van der Waals surface area contributed by atoms with Crippen LogP contribution in [0.15, 0.2) is 4.79 Å². The lowest BCUT2D eigenvalue weighted by Gasteiger charge is -1.99. The van der Waals surface area contributed by atoms with Crippen LogP contribution in [0.25, 0.3) is 12.2 Å². The summed E-state index contributed by atoms with van der Waals surface area (Å²) in [6.07, 6.45) is 4.57. The zero-order valence-corrected chi connectivity index (χ0v) is 13.8. The Bertz CT molecular complexity index is 533. The Balaban J connectivity index is 0. The normalized spacial score (nSPS) is 12.8. The first kappa shape index (κ1) is 20.7. The first-order valence-electron chi connectivity index (χ1n) is 7.16. The molecule has 2 heterocycles. The van der Waals surface area contributed by atoms with Gasteiger partial charge in [-0.1, -0.05) is 39.8 Å². The van der Waals surface area contributed by atoms with Crippen molar-refractivity contribution in [1.29, 1.82) is 0 Å². The number of H-pyrrole nitrogens is 1. The molecule has 0 fully saturated rings. The average Bonchev–Trinajstić information content (AvgIpc) is 3.03. The molecule has 0 unspecified atom stereocenters. The Morgan fingerprint density at radius 2 is 1.65 bits per heavy atom. The summed E-state index contributed by atoms with van der Waals surface area (Å²) < 4.78 is 15.0. The van der Waals surface area contributed by atoms with E-state index < -0.39 is 0 Å². The van der Waals surface area contributed by atoms with Gasteiger partial charge < -0.3 is 9.72 Å². The number of aromatic nitrogens is 1. The topological polar surface area (TPSA) is 42.1 Å². The van der Waals surface area contributed by atoms with Gasteiger partial charge >= 0.3 is 0 Å². The first-order chi connectivity index (χ1) is 9.77. The van der Waals surface area contributed by atoms with E-state index in [-0.39, 0.29) is 5.56 Å². The number of hydrogen-bond acceptors (Lipinski definition) is 2. The molecule has 1 N–H and O–H groups in total. The number of rotatable bonds is 0. The summed E-state index contributed by atoms with van der Waals surface area (Å²) in [5.74, 6) is 0.768. The van der Waals surface area contributed by atoms with Gasteiger partial charge in [-0.3, -0.25) is 9.18 Å². The third-order valence-electron chi connectivity index (χ3n) is 2.51. The number of pyridine rings is 1. The predicted molar refractivity (Wildman–Crippen MR) is 85.5 cm³/mol. The van der Waals surface area contributed by atoms with E-state index in [0.29, 0.717) is 13.8 Å². The molecule has 3 nitrogen and oxygen atoms in total. The van der Waals surface area contributed by atoms with Crippen LogP contribution in [0.1, 0.15) is 47.1 Å². The molecule has 0 radical (unpaired) electrons. The molecule has 4 heteroatoms. The van der Waals surface area contributed by atoms with E-state index in [1.165, 1.54) is 0 Å². The Morgan fingerprint density at radius 3 is 2.10 bits per heavy atom. The molecule has 0 aromatic carbocycles.